The molecule has 0 saturated carbocycles. The van der Waals surface area contributed by atoms with Gasteiger partial charge in [-0.15, -0.1) is 5.10 Å². The van der Waals surface area contributed by atoms with Crippen molar-refractivity contribution < 1.29 is 19.1 Å². The van der Waals surface area contributed by atoms with Crippen LogP contribution in [-0.4, -0.2) is 50.3 Å². The Morgan fingerprint density at radius 3 is 2.56 bits per heavy atom. The minimum atomic E-state index is -0.741. The van der Waals surface area contributed by atoms with Crippen LogP contribution in [0.3, 0.4) is 0 Å². The number of hydrogen-bond acceptors (Lipinski definition) is 7. The molecule has 25 heavy (non-hydrogen) atoms. The normalized spacial score (nSPS) is 10.8. The summed E-state index contributed by atoms with van der Waals surface area (Å²) in [5.41, 5.74) is 0.0938. The summed E-state index contributed by atoms with van der Waals surface area (Å²) in [6, 6.07) is 5.83. The molecule has 1 aromatic heterocycles. The lowest BCUT2D eigenvalue weighted by Gasteiger charge is -2.20. The van der Waals surface area contributed by atoms with Gasteiger partial charge < -0.3 is 10.1 Å². The SMILES string of the molecule is CC(C)(C)NC(=O)NC(=O)COC(=O)c1ccccc1-n1cnnn1. The first-order valence-corrected chi connectivity index (χ1v) is 7.38. The maximum Gasteiger partial charge on any atom is 0.340 e. The molecule has 2 rings (SSSR count). The topological polar surface area (TPSA) is 128 Å². The van der Waals surface area contributed by atoms with Crippen LogP contribution in [0.25, 0.3) is 5.69 Å². The van der Waals surface area contributed by atoms with E-state index in [0.717, 1.165) is 0 Å². The van der Waals surface area contributed by atoms with Crippen molar-refractivity contribution in [3.63, 3.8) is 0 Å². The number of nitrogens with one attached hydrogen (secondary N) is 2. The van der Waals surface area contributed by atoms with Crippen molar-refractivity contribution in [2.24, 2.45) is 0 Å². The second-order valence-electron chi connectivity index (χ2n) is 6.10. The van der Waals surface area contributed by atoms with Gasteiger partial charge in [-0.1, -0.05) is 12.1 Å². The molecule has 0 aliphatic heterocycles. The molecule has 132 valence electrons. The zero-order valence-corrected chi connectivity index (χ0v) is 14.0. The van der Waals surface area contributed by atoms with Crippen LogP contribution in [0, 0.1) is 0 Å². The molecule has 0 aliphatic rings. The highest BCUT2D eigenvalue weighted by molar-refractivity contribution is 5.98. The molecule has 0 unspecified atom stereocenters. The lowest BCUT2D eigenvalue weighted by molar-refractivity contribution is -0.123. The molecule has 2 N–H and O–H groups in total. The van der Waals surface area contributed by atoms with E-state index in [1.807, 2.05) is 0 Å². The highest BCUT2D eigenvalue weighted by Crippen LogP contribution is 2.13. The summed E-state index contributed by atoms with van der Waals surface area (Å²) >= 11 is 0. The minimum Gasteiger partial charge on any atom is -0.452 e. The van der Waals surface area contributed by atoms with E-state index >= 15 is 0 Å². The van der Waals surface area contributed by atoms with Crippen LogP contribution in [0.4, 0.5) is 4.79 Å². The lowest BCUT2D eigenvalue weighted by atomic mass is 10.1. The van der Waals surface area contributed by atoms with Gasteiger partial charge in [0.05, 0.1) is 11.3 Å². The summed E-state index contributed by atoms with van der Waals surface area (Å²) in [5.74, 6) is -1.48. The fourth-order valence-corrected chi connectivity index (χ4v) is 1.86. The van der Waals surface area contributed by atoms with Gasteiger partial charge >= 0.3 is 12.0 Å². The molecule has 0 aliphatic carbocycles. The third-order valence-corrected chi connectivity index (χ3v) is 2.80. The quantitative estimate of drug-likeness (QED) is 0.769. The summed E-state index contributed by atoms with van der Waals surface area (Å²) in [7, 11) is 0. The Balaban J connectivity index is 1.95. The number of imide groups is 1. The van der Waals surface area contributed by atoms with E-state index in [0.29, 0.717) is 5.69 Å². The molecular weight excluding hydrogens is 328 g/mol. The predicted octanol–water partition coefficient (Wildman–Crippen LogP) is 0.443. The molecule has 0 spiro atoms. The fraction of sp³-hybridized carbons (Fsp3) is 0.333. The number of tetrazole rings is 1. The Bertz CT molecular complexity index is 767. The number of aromatic nitrogens is 4. The smallest absolute Gasteiger partial charge is 0.340 e. The summed E-state index contributed by atoms with van der Waals surface area (Å²) in [4.78, 5) is 35.5. The number of rotatable bonds is 4. The van der Waals surface area contributed by atoms with Crippen LogP contribution in [0.2, 0.25) is 0 Å². The number of nitrogens with zero attached hydrogens (tertiary/aromatic N) is 4. The van der Waals surface area contributed by atoms with E-state index in [2.05, 4.69) is 26.2 Å². The van der Waals surface area contributed by atoms with Gasteiger partial charge in [0, 0.05) is 5.54 Å². The number of benzene rings is 1. The number of urea groups is 1. The second kappa shape index (κ2) is 7.51. The summed E-state index contributed by atoms with van der Waals surface area (Å²) in [5, 5.41) is 15.4. The third-order valence-electron chi connectivity index (χ3n) is 2.80. The third kappa shape index (κ3) is 5.37. The Morgan fingerprint density at radius 1 is 1.20 bits per heavy atom. The van der Waals surface area contributed by atoms with Crippen LogP contribution in [0.5, 0.6) is 0 Å². The molecule has 3 amide bonds. The second-order valence-corrected chi connectivity index (χ2v) is 6.10. The van der Waals surface area contributed by atoms with Crippen molar-refractivity contribution in [2.45, 2.75) is 26.3 Å². The maximum absolute atomic E-state index is 12.2. The minimum absolute atomic E-state index is 0.182. The molecular formula is C15H18N6O4. The first-order chi connectivity index (χ1) is 11.8. The van der Waals surface area contributed by atoms with Crippen molar-refractivity contribution >= 4 is 17.9 Å². The molecule has 2 aromatic rings. The van der Waals surface area contributed by atoms with Crippen LogP contribution in [0.1, 0.15) is 31.1 Å². The van der Waals surface area contributed by atoms with Gasteiger partial charge in [0.25, 0.3) is 5.91 Å². The van der Waals surface area contributed by atoms with E-state index in [1.54, 1.807) is 39.0 Å². The van der Waals surface area contributed by atoms with Crippen molar-refractivity contribution in [3.8, 4) is 5.69 Å². The van der Waals surface area contributed by atoms with E-state index in [-0.39, 0.29) is 5.56 Å². The number of hydrogen-bond donors (Lipinski definition) is 2. The molecule has 0 bridgehead atoms. The van der Waals surface area contributed by atoms with Crippen LogP contribution in [-0.2, 0) is 9.53 Å². The number of para-hydroxylation sites is 1. The number of esters is 1. The molecule has 1 aromatic carbocycles. The van der Waals surface area contributed by atoms with Crippen molar-refractivity contribution in [1.29, 1.82) is 0 Å². The standard InChI is InChI=1S/C15H18N6O4/c1-15(2,3)18-14(24)17-12(22)8-25-13(23)10-6-4-5-7-11(10)21-9-16-19-20-21/h4-7,9H,8H2,1-3H3,(H2,17,18,22,24). The number of ether oxygens (including phenoxy) is 1. The van der Waals surface area contributed by atoms with Crippen molar-refractivity contribution in [3.05, 3.63) is 36.2 Å². The highest BCUT2D eigenvalue weighted by Gasteiger charge is 2.18. The zero-order chi connectivity index (χ0) is 18.4. The predicted molar refractivity (Wildman–Crippen MR) is 85.9 cm³/mol. The van der Waals surface area contributed by atoms with Crippen molar-refractivity contribution in [1.82, 2.24) is 30.8 Å². The van der Waals surface area contributed by atoms with Crippen LogP contribution >= 0.6 is 0 Å². The average Bonchev–Trinajstić information content (AvgIpc) is 3.05. The molecule has 1 heterocycles. The van der Waals surface area contributed by atoms with Gasteiger partial charge in [0.2, 0.25) is 0 Å². The maximum atomic E-state index is 12.2. The van der Waals surface area contributed by atoms with Gasteiger partial charge in [-0.25, -0.2) is 9.59 Å². The zero-order valence-electron chi connectivity index (χ0n) is 14.0. The molecule has 10 nitrogen and oxygen atoms in total. The van der Waals surface area contributed by atoms with Gasteiger partial charge in [0.1, 0.15) is 6.33 Å². The Hall–Kier alpha value is -3.30. The molecule has 0 atom stereocenters. The fourth-order valence-electron chi connectivity index (χ4n) is 1.86. The van der Waals surface area contributed by atoms with E-state index < -0.39 is 30.1 Å². The summed E-state index contributed by atoms with van der Waals surface area (Å²) in [6.45, 7) is 4.72. The van der Waals surface area contributed by atoms with Crippen LogP contribution < -0.4 is 10.6 Å². The molecule has 0 radical (unpaired) electrons. The lowest BCUT2D eigenvalue weighted by Crippen LogP contribution is -2.49. The number of carbonyl (C=O) groups is 3. The van der Waals surface area contributed by atoms with Crippen LogP contribution in [0.15, 0.2) is 30.6 Å². The highest BCUT2D eigenvalue weighted by atomic mass is 16.5. The van der Waals surface area contributed by atoms with Gasteiger partial charge in [0.15, 0.2) is 6.61 Å². The Morgan fingerprint density at radius 2 is 1.92 bits per heavy atom. The first-order valence-electron chi connectivity index (χ1n) is 7.38. The first kappa shape index (κ1) is 18.0. The Kier molecular flexibility index (Phi) is 5.42. The number of amides is 3. The van der Waals surface area contributed by atoms with E-state index in [4.69, 9.17) is 4.74 Å². The number of carbonyl (C=O) groups excluding carboxylic acids is 3. The van der Waals surface area contributed by atoms with Gasteiger partial charge in [-0.05, 0) is 43.3 Å². The Labute approximate surface area is 143 Å². The van der Waals surface area contributed by atoms with Gasteiger partial charge in [-0.2, -0.15) is 4.68 Å². The van der Waals surface area contributed by atoms with Crippen molar-refractivity contribution in [2.75, 3.05) is 6.61 Å². The molecule has 10 heteroatoms. The average molecular weight is 346 g/mol. The van der Waals surface area contributed by atoms with Gasteiger partial charge in [-0.3, -0.25) is 10.1 Å². The molecule has 0 saturated heterocycles. The van der Waals surface area contributed by atoms with E-state index in [9.17, 15) is 14.4 Å². The molecule has 0 fully saturated rings. The monoisotopic (exact) mass is 346 g/mol. The summed E-state index contributed by atoms with van der Waals surface area (Å²) < 4.78 is 6.25. The largest absolute Gasteiger partial charge is 0.452 e. The summed E-state index contributed by atoms with van der Waals surface area (Å²) in [6.07, 6.45) is 1.33. The van der Waals surface area contributed by atoms with E-state index in [1.165, 1.54) is 17.1 Å².